The van der Waals surface area contributed by atoms with E-state index in [1.807, 2.05) is 0 Å². The molecule has 0 spiro atoms. The summed E-state index contributed by atoms with van der Waals surface area (Å²) in [7, 11) is 1.78. The molecule has 0 fully saturated rings. The highest BCUT2D eigenvalue weighted by Crippen LogP contribution is 2.07. The lowest BCUT2D eigenvalue weighted by Gasteiger charge is -2.05. The Morgan fingerprint density at radius 3 is 2.89 bits per heavy atom. The summed E-state index contributed by atoms with van der Waals surface area (Å²) in [6.45, 7) is 2.85. The van der Waals surface area contributed by atoms with Crippen LogP contribution >= 0.6 is 0 Å². The molecule has 2 aromatic heterocycles. The lowest BCUT2D eigenvalue weighted by Crippen LogP contribution is -2.15. The van der Waals surface area contributed by atoms with Gasteiger partial charge in [-0.1, -0.05) is 6.92 Å². The molecule has 19 heavy (non-hydrogen) atoms. The first-order valence-electron chi connectivity index (χ1n) is 6.05. The molecule has 0 aliphatic rings. The zero-order chi connectivity index (χ0) is 13.7. The van der Waals surface area contributed by atoms with E-state index in [9.17, 15) is 4.79 Å². The molecule has 0 atom stereocenters. The number of aryl methyl sites for hydroxylation is 1. The number of hydrogen-bond donors (Lipinski definition) is 2. The van der Waals surface area contributed by atoms with Crippen molar-refractivity contribution >= 4 is 17.4 Å². The highest BCUT2D eigenvalue weighted by molar-refractivity contribution is 6.02. The van der Waals surface area contributed by atoms with Crippen LogP contribution in [0.25, 0.3) is 0 Å². The largest absolute Gasteiger partial charge is 0.369 e. The summed E-state index contributed by atoms with van der Waals surface area (Å²) < 4.78 is 1.61. The molecule has 2 N–H and O–H groups in total. The molecule has 0 radical (unpaired) electrons. The zero-order valence-corrected chi connectivity index (χ0v) is 10.9. The number of hydrogen-bond acceptors (Lipinski definition) is 5. The van der Waals surface area contributed by atoms with Crippen molar-refractivity contribution in [3.8, 4) is 0 Å². The average Bonchev–Trinajstić information content (AvgIpc) is 2.82. The van der Waals surface area contributed by atoms with E-state index in [1.54, 1.807) is 30.3 Å². The number of nitrogens with one attached hydrogen (secondary N) is 2. The van der Waals surface area contributed by atoms with Crippen LogP contribution in [-0.4, -0.2) is 32.2 Å². The molecule has 100 valence electrons. The van der Waals surface area contributed by atoms with Gasteiger partial charge in [-0.25, -0.2) is 4.98 Å². The van der Waals surface area contributed by atoms with Crippen LogP contribution in [0.4, 0.5) is 11.5 Å². The van der Waals surface area contributed by atoms with E-state index in [-0.39, 0.29) is 11.6 Å². The van der Waals surface area contributed by atoms with Gasteiger partial charge < -0.3 is 10.6 Å². The second kappa shape index (κ2) is 5.94. The van der Waals surface area contributed by atoms with E-state index in [1.165, 1.54) is 6.20 Å². The summed E-state index contributed by atoms with van der Waals surface area (Å²) in [5, 5.41) is 9.77. The standard InChI is InChI=1S/C12H16N6O/c1-3-4-14-11-7-13-6-10(17-11)12(19)16-9-5-15-18(2)8-9/h5-8H,3-4H2,1-2H3,(H,14,17)(H,16,19). The van der Waals surface area contributed by atoms with Gasteiger partial charge in [-0.2, -0.15) is 5.10 Å². The fourth-order valence-electron chi connectivity index (χ4n) is 1.49. The monoisotopic (exact) mass is 260 g/mol. The minimum Gasteiger partial charge on any atom is -0.369 e. The number of rotatable bonds is 5. The predicted octanol–water partition coefficient (Wildman–Crippen LogP) is 1.28. The van der Waals surface area contributed by atoms with Crippen molar-refractivity contribution in [2.45, 2.75) is 13.3 Å². The Morgan fingerprint density at radius 1 is 1.37 bits per heavy atom. The Balaban J connectivity index is 2.06. The molecule has 0 saturated carbocycles. The fraction of sp³-hybridized carbons (Fsp3) is 0.333. The molecule has 1 amide bonds. The molecule has 2 aromatic rings. The molecular weight excluding hydrogens is 244 g/mol. The second-order valence-electron chi connectivity index (χ2n) is 4.07. The van der Waals surface area contributed by atoms with E-state index >= 15 is 0 Å². The number of aromatic nitrogens is 4. The van der Waals surface area contributed by atoms with Gasteiger partial charge in [0.1, 0.15) is 11.5 Å². The Hall–Kier alpha value is -2.44. The lowest BCUT2D eigenvalue weighted by atomic mass is 10.4. The number of carbonyl (C=O) groups excluding carboxylic acids is 1. The summed E-state index contributed by atoms with van der Waals surface area (Å²) in [5.74, 6) is 0.293. The summed E-state index contributed by atoms with van der Waals surface area (Å²) in [6, 6.07) is 0. The third kappa shape index (κ3) is 3.51. The molecule has 0 aliphatic carbocycles. The molecule has 0 bridgehead atoms. The van der Waals surface area contributed by atoms with Crippen molar-refractivity contribution in [2.75, 3.05) is 17.2 Å². The van der Waals surface area contributed by atoms with Crippen LogP contribution < -0.4 is 10.6 Å². The molecule has 7 heteroatoms. The highest BCUT2D eigenvalue weighted by atomic mass is 16.1. The van der Waals surface area contributed by atoms with E-state index in [0.29, 0.717) is 11.5 Å². The van der Waals surface area contributed by atoms with Gasteiger partial charge in [0.25, 0.3) is 5.91 Å². The van der Waals surface area contributed by atoms with E-state index in [2.05, 4.69) is 32.6 Å². The van der Waals surface area contributed by atoms with Gasteiger partial charge >= 0.3 is 0 Å². The Kier molecular flexibility index (Phi) is 4.07. The molecule has 0 aliphatic heterocycles. The third-order valence-corrected chi connectivity index (χ3v) is 2.39. The van der Waals surface area contributed by atoms with Crippen LogP contribution in [-0.2, 0) is 7.05 Å². The van der Waals surface area contributed by atoms with Gasteiger partial charge in [-0.3, -0.25) is 14.5 Å². The number of nitrogens with zero attached hydrogens (tertiary/aromatic N) is 4. The maximum atomic E-state index is 12.0. The van der Waals surface area contributed by atoms with Crippen LogP contribution in [0.5, 0.6) is 0 Å². The van der Waals surface area contributed by atoms with Crippen LogP contribution in [0.2, 0.25) is 0 Å². The van der Waals surface area contributed by atoms with Gasteiger partial charge in [0.05, 0.1) is 24.3 Å². The van der Waals surface area contributed by atoms with Crippen LogP contribution in [0.3, 0.4) is 0 Å². The van der Waals surface area contributed by atoms with Crippen LogP contribution in [0.15, 0.2) is 24.8 Å². The van der Waals surface area contributed by atoms with Crippen molar-refractivity contribution in [3.63, 3.8) is 0 Å². The Morgan fingerprint density at radius 2 is 2.21 bits per heavy atom. The van der Waals surface area contributed by atoms with Gasteiger partial charge in [0, 0.05) is 19.8 Å². The topological polar surface area (TPSA) is 84.7 Å². The van der Waals surface area contributed by atoms with Gasteiger partial charge in [-0.15, -0.1) is 0 Å². The average molecular weight is 260 g/mol. The van der Waals surface area contributed by atoms with Crippen molar-refractivity contribution in [3.05, 3.63) is 30.5 Å². The highest BCUT2D eigenvalue weighted by Gasteiger charge is 2.10. The lowest BCUT2D eigenvalue weighted by molar-refractivity contribution is 0.102. The first-order chi connectivity index (χ1) is 9.19. The van der Waals surface area contributed by atoms with Gasteiger partial charge in [-0.05, 0) is 6.42 Å². The first-order valence-corrected chi connectivity index (χ1v) is 6.05. The van der Waals surface area contributed by atoms with Gasteiger partial charge in [0.15, 0.2) is 0 Å². The van der Waals surface area contributed by atoms with E-state index in [0.717, 1.165) is 13.0 Å². The summed E-state index contributed by atoms with van der Waals surface area (Å²) >= 11 is 0. The minimum atomic E-state index is -0.305. The minimum absolute atomic E-state index is 0.268. The molecule has 0 aromatic carbocycles. The van der Waals surface area contributed by atoms with Gasteiger partial charge in [0.2, 0.25) is 0 Å². The normalized spacial score (nSPS) is 10.2. The predicted molar refractivity (Wildman–Crippen MR) is 72.0 cm³/mol. The van der Waals surface area contributed by atoms with Crippen molar-refractivity contribution < 1.29 is 4.79 Å². The van der Waals surface area contributed by atoms with E-state index < -0.39 is 0 Å². The number of amides is 1. The quantitative estimate of drug-likeness (QED) is 0.846. The molecule has 2 rings (SSSR count). The fourth-order valence-corrected chi connectivity index (χ4v) is 1.49. The number of anilines is 2. The molecule has 7 nitrogen and oxygen atoms in total. The Labute approximate surface area is 111 Å². The zero-order valence-electron chi connectivity index (χ0n) is 10.9. The van der Waals surface area contributed by atoms with Crippen LogP contribution in [0, 0.1) is 0 Å². The summed E-state index contributed by atoms with van der Waals surface area (Å²) in [5.41, 5.74) is 0.895. The summed E-state index contributed by atoms with van der Waals surface area (Å²) in [4.78, 5) is 20.2. The Bertz CT molecular complexity index is 565. The molecule has 0 unspecified atom stereocenters. The van der Waals surface area contributed by atoms with Crippen molar-refractivity contribution in [1.29, 1.82) is 0 Å². The molecular formula is C12H16N6O. The molecule has 2 heterocycles. The summed E-state index contributed by atoms with van der Waals surface area (Å²) in [6.07, 6.45) is 7.29. The van der Waals surface area contributed by atoms with E-state index in [4.69, 9.17) is 0 Å². The second-order valence-corrected chi connectivity index (χ2v) is 4.07. The maximum Gasteiger partial charge on any atom is 0.276 e. The van der Waals surface area contributed by atoms with Crippen LogP contribution in [0.1, 0.15) is 23.8 Å². The van der Waals surface area contributed by atoms with Crippen molar-refractivity contribution in [1.82, 2.24) is 19.7 Å². The van der Waals surface area contributed by atoms with Crippen molar-refractivity contribution in [2.24, 2.45) is 7.05 Å². The molecule has 0 saturated heterocycles. The SMILES string of the molecule is CCCNc1cncc(C(=O)Nc2cnn(C)c2)n1. The first kappa shape index (κ1) is 13.0. The number of carbonyl (C=O) groups is 1. The maximum absolute atomic E-state index is 12.0. The smallest absolute Gasteiger partial charge is 0.276 e. The third-order valence-electron chi connectivity index (χ3n) is 2.39.